The number of benzene rings is 1. The molecule has 0 radical (unpaired) electrons. The van der Waals surface area contributed by atoms with Gasteiger partial charge in [0.05, 0.1) is 11.2 Å². The lowest BCUT2D eigenvalue weighted by Gasteiger charge is -2.18. The Morgan fingerprint density at radius 3 is 2.72 bits per heavy atom. The molecule has 7 heteroatoms. The van der Waals surface area contributed by atoms with E-state index in [2.05, 4.69) is 15.6 Å². The van der Waals surface area contributed by atoms with Crippen LogP contribution in [0.25, 0.3) is 0 Å². The van der Waals surface area contributed by atoms with E-state index in [-0.39, 0.29) is 18.5 Å². The van der Waals surface area contributed by atoms with Crippen molar-refractivity contribution in [2.24, 2.45) is 0 Å². The van der Waals surface area contributed by atoms with Gasteiger partial charge in [-0.25, -0.2) is 9.78 Å². The number of carbonyl (C=O) groups excluding carboxylic acids is 1. The molecule has 1 aromatic carbocycles. The predicted octanol–water partition coefficient (Wildman–Crippen LogP) is 3.62. The first-order valence-corrected chi connectivity index (χ1v) is 9.26. The van der Waals surface area contributed by atoms with Crippen molar-refractivity contribution >= 4 is 28.3 Å². The zero-order chi connectivity index (χ0) is 17.6. The average molecular weight is 359 g/mol. The van der Waals surface area contributed by atoms with E-state index in [4.69, 9.17) is 5.11 Å². The molecule has 1 aliphatic carbocycles. The number of nitrogens with one attached hydrogen (secondary N) is 2. The number of aromatic nitrogens is 1. The normalized spacial score (nSPS) is 14.7. The first-order chi connectivity index (χ1) is 12.1. The van der Waals surface area contributed by atoms with Crippen molar-refractivity contribution in [1.29, 1.82) is 0 Å². The van der Waals surface area contributed by atoms with E-state index in [0.29, 0.717) is 18.8 Å². The number of hydrogen-bond acceptors (Lipinski definition) is 4. The van der Waals surface area contributed by atoms with Crippen LogP contribution in [-0.2, 0) is 11.2 Å². The summed E-state index contributed by atoms with van der Waals surface area (Å²) < 4.78 is 0. The van der Waals surface area contributed by atoms with Crippen molar-refractivity contribution in [3.8, 4) is 0 Å². The minimum Gasteiger partial charge on any atom is -0.481 e. The number of carboxylic acids is 1. The van der Waals surface area contributed by atoms with Crippen molar-refractivity contribution in [2.75, 3.05) is 5.32 Å². The van der Waals surface area contributed by atoms with Gasteiger partial charge < -0.3 is 10.4 Å². The Kier molecular flexibility index (Phi) is 5.65. The van der Waals surface area contributed by atoms with Crippen LogP contribution in [0, 0.1) is 0 Å². The molecular weight excluding hydrogens is 338 g/mol. The number of nitrogens with zero attached hydrogens (tertiary/aromatic N) is 1. The molecule has 2 aromatic rings. The Hall–Kier alpha value is -2.41. The van der Waals surface area contributed by atoms with E-state index in [9.17, 15) is 9.59 Å². The van der Waals surface area contributed by atoms with Crippen molar-refractivity contribution in [3.05, 3.63) is 47.1 Å². The Bertz CT molecular complexity index is 728. The number of rotatable bonds is 8. The first-order valence-electron chi connectivity index (χ1n) is 8.38. The number of hydrogen-bond donors (Lipinski definition) is 3. The van der Waals surface area contributed by atoms with Gasteiger partial charge in [0.15, 0.2) is 0 Å². The van der Waals surface area contributed by atoms with Crippen LogP contribution in [0.2, 0.25) is 0 Å². The van der Waals surface area contributed by atoms with Gasteiger partial charge in [-0.3, -0.25) is 10.1 Å². The monoisotopic (exact) mass is 359 g/mol. The number of urea groups is 1. The number of aliphatic carboxylic acids is 1. The number of anilines is 1. The largest absolute Gasteiger partial charge is 0.481 e. The van der Waals surface area contributed by atoms with Crippen molar-refractivity contribution in [2.45, 2.75) is 44.1 Å². The SMILES string of the molecule is O=C(O)CCC(Cc1ccccc1)NC(=O)Nc1scnc1C1CC1. The lowest BCUT2D eigenvalue weighted by molar-refractivity contribution is -0.137. The summed E-state index contributed by atoms with van der Waals surface area (Å²) in [5.74, 6) is -0.396. The Morgan fingerprint density at radius 2 is 2.04 bits per heavy atom. The van der Waals surface area contributed by atoms with Gasteiger partial charge >= 0.3 is 12.0 Å². The van der Waals surface area contributed by atoms with Crippen molar-refractivity contribution < 1.29 is 14.7 Å². The maximum Gasteiger partial charge on any atom is 0.320 e. The zero-order valence-corrected chi connectivity index (χ0v) is 14.6. The molecule has 0 bridgehead atoms. The van der Waals surface area contributed by atoms with Gasteiger partial charge in [0, 0.05) is 18.4 Å². The van der Waals surface area contributed by atoms with Crippen LogP contribution in [0.1, 0.15) is 42.9 Å². The second kappa shape index (κ2) is 8.11. The summed E-state index contributed by atoms with van der Waals surface area (Å²) in [5.41, 5.74) is 3.77. The summed E-state index contributed by atoms with van der Waals surface area (Å²) in [6.45, 7) is 0. The second-order valence-electron chi connectivity index (χ2n) is 6.26. The molecule has 2 amide bonds. The molecule has 3 rings (SSSR count). The van der Waals surface area contributed by atoms with Gasteiger partial charge in [-0.05, 0) is 31.2 Å². The van der Waals surface area contributed by atoms with E-state index in [1.807, 2.05) is 30.3 Å². The molecule has 6 nitrogen and oxygen atoms in total. The summed E-state index contributed by atoms with van der Waals surface area (Å²) in [6.07, 6.45) is 3.24. The maximum atomic E-state index is 12.4. The molecule has 1 aliphatic rings. The van der Waals surface area contributed by atoms with Gasteiger partial charge in [0.1, 0.15) is 5.00 Å². The predicted molar refractivity (Wildman–Crippen MR) is 97.0 cm³/mol. The highest BCUT2D eigenvalue weighted by Crippen LogP contribution is 2.43. The van der Waals surface area contributed by atoms with Gasteiger partial charge in [0.2, 0.25) is 0 Å². The summed E-state index contributed by atoms with van der Waals surface area (Å²) in [4.78, 5) is 27.6. The van der Waals surface area contributed by atoms with Crippen LogP contribution < -0.4 is 10.6 Å². The highest BCUT2D eigenvalue weighted by atomic mass is 32.1. The molecule has 3 N–H and O–H groups in total. The third-order valence-corrected chi connectivity index (χ3v) is 4.91. The molecule has 1 atom stereocenters. The molecule has 1 fully saturated rings. The third kappa shape index (κ3) is 5.29. The van der Waals surface area contributed by atoms with Gasteiger partial charge in [-0.2, -0.15) is 0 Å². The highest BCUT2D eigenvalue weighted by Gasteiger charge is 2.29. The first kappa shape index (κ1) is 17.4. The fraction of sp³-hybridized carbons (Fsp3) is 0.389. The number of amides is 2. The summed E-state index contributed by atoms with van der Waals surface area (Å²) in [5, 5.41) is 15.5. The summed E-state index contributed by atoms with van der Waals surface area (Å²) >= 11 is 1.42. The van der Waals surface area contributed by atoms with Crippen LogP contribution in [0.5, 0.6) is 0 Å². The van der Waals surface area contributed by atoms with Crippen LogP contribution in [0.15, 0.2) is 35.8 Å². The zero-order valence-electron chi connectivity index (χ0n) is 13.8. The lowest BCUT2D eigenvalue weighted by Crippen LogP contribution is -2.39. The van der Waals surface area contributed by atoms with E-state index in [1.165, 1.54) is 11.3 Å². The lowest BCUT2D eigenvalue weighted by atomic mass is 10.0. The fourth-order valence-corrected chi connectivity index (χ4v) is 3.51. The smallest absolute Gasteiger partial charge is 0.320 e. The molecule has 1 saturated carbocycles. The third-order valence-electron chi connectivity index (χ3n) is 4.15. The van der Waals surface area contributed by atoms with Crippen molar-refractivity contribution in [3.63, 3.8) is 0 Å². The van der Waals surface area contributed by atoms with Gasteiger partial charge in [-0.1, -0.05) is 30.3 Å². The standard InChI is InChI=1S/C18H21N3O3S/c22-15(23)9-8-14(10-12-4-2-1-3-5-12)20-18(24)21-17-16(13-6-7-13)19-11-25-17/h1-5,11,13-14H,6-10H2,(H,22,23)(H2,20,21,24). The van der Waals surface area contributed by atoms with Crippen LogP contribution in [0.3, 0.4) is 0 Å². The van der Waals surface area contributed by atoms with Crippen LogP contribution in [-0.4, -0.2) is 28.1 Å². The Balaban J connectivity index is 1.60. The molecule has 1 aromatic heterocycles. The Labute approximate surface area is 150 Å². The number of carboxylic acid groups (broad SMARTS) is 1. The van der Waals surface area contributed by atoms with Gasteiger partial charge in [0.25, 0.3) is 0 Å². The van der Waals surface area contributed by atoms with Crippen LogP contribution >= 0.6 is 11.3 Å². The average Bonchev–Trinajstić information content (AvgIpc) is 3.33. The molecule has 1 heterocycles. The molecule has 0 spiro atoms. The molecule has 132 valence electrons. The minimum atomic E-state index is -0.862. The molecule has 25 heavy (non-hydrogen) atoms. The highest BCUT2D eigenvalue weighted by molar-refractivity contribution is 7.14. The fourth-order valence-electron chi connectivity index (χ4n) is 2.74. The van der Waals surface area contributed by atoms with Crippen LogP contribution in [0.4, 0.5) is 9.80 Å². The van der Waals surface area contributed by atoms with Gasteiger partial charge in [-0.15, -0.1) is 11.3 Å². The topological polar surface area (TPSA) is 91.3 Å². The van der Waals surface area contributed by atoms with E-state index < -0.39 is 5.97 Å². The molecule has 1 unspecified atom stereocenters. The Morgan fingerprint density at radius 1 is 1.28 bits per heavy atom. The second-order valence-corrected chi connectivity index (χ2v) is 7.11. The van der Waals surface area contributed by atoms with E-state index in [1.54, 1.807) is 5.51 Å². The quantitative estimate of drug-likeness (QED) is 0.671. The maximum absolute atomic E-state index is 12.4. The number of carbonyl (C=O) groups is 2. The number of thiazole rings is 1. The minimum absolute atomic E-state index is 0.0195. The van der Waals surface area contributed by atoms with E-state index >= 15 is 0 Å². The summed E-state index contributed by atoms with van der Waals surface area (Å²) in [6, 6.07) is 9.20. The van der Waals surface area contributed by atoms with E-state index in [0.717, 1.165) is 29.1 Å². The molecule has 0 saturated heterocycles. The summed E-state index contributed by atoms with van der Waals surface area (Å²) in [7, 11) is 0. The molecule has 0 aliphatic heterocycles. The molecular formula is C18H21N3O3S. The van der Waals surface area contributed by atoms with Crippen molar-refractivity contribution in [1.82, 2.24) is 10.3 Å².